The molecule has 0 bridgehead atoms. The number of rotatable bonds is 5. The molecule has 1 heterocycles. The van der Waals surface area contributed by atoms with Gasteiger partial charge in [0.2, 0.25) is 5.95 Å². The second-order valence-corrected chi connectivity index (χ2v) is 5.94. The van der Waals surface area contributed by atoms with Crippen molar-refractivity contribution in [2.45, 2.75) is 27.2 Å². The second kappa shape index (κ2) is 7.30. The fraction of sp³-hybridized carbons (Fsp3) is 0.200. The van der Waals surface area contributed by atoms with Crippen LogP contribution in [0, 0.1) is 19.7 Å². The summed E-state index contributed by atoms with van der Waals surface area (Å²) < 4.78 is 13.0. The van der Waals surface area contributed by atoms with Crippen molar-refractivity contribution in [1.82, 2.24) is 9.97 Å². The molecule has 2 aromatic carbocycles. The summed E-state index contributed by atoms with van der Waals surface area (Å²) >= 11 is 0. The first-order chi connectivity index (χ1) is 12.0. The molecule has 0 amide bonds. The van der Waals surface area contributed by atoms with E-state index in [-0.39, 0.29) is 5.82 Å². The Morgan fingerprint density at radius 3 is 2.44 bits per heavy atom. The van der Waals surface area contributed by atoms with E-state index in [0.717, 1.165) is 29.3 Å². The van der Waals surface area contributed by atoms with Gasteiger partial charge in [-0.1, -0.05) is 25.1 Å². The molecule has 4 nitrogen and oxygen atoms in total. The summed E-state index contributed by atoms with van der Waals surface area (Å²) in [5.74, 6) is 0.923. The Balaban J connectivity index is 1.88. The summed E-state index contributed by atoms with van der Waals surface area (Å²) in [6, 6.07) is 14.3. The average molecular weight is 336 g/mol. The molecule has 0 saturated carbocycles. The van der Waals surface area contributed by atoms with Gasteiger partial charge in [0, 0.05) is 23.1 Å². The maximum Gasteiger partial charge on any atom is 0.229 e. The largest absolute Gasteiger partial charge is 0.340 e. The van der Waals surface area contributed by atoms with Crippen LogP contribution in [0.3, 0.4) is 0 Å². The first-order valence-corrected chi connectivity index (χ1v) is 8.29. The molecule has 3 rings (SSSR count). The highest BCUT2D eigenvalue weighted by Crippen LogP contribution is 2.25. The molecule has 2 N–H and O–H groups in total. The normalized spacial score (nSPS) is 10.6. The van der Waals surface area contributed by atoms with Crippen LogP contribution in [0.15, 0.2) is 48.5 Å². The highest BCUT2D eigenvalue weighted by atomic mass is 19.1. The van der Waals surface area contributed by atoms with E-state index >= 15 is 0 Å². The van der Waals surface area contributed by atoms with Crippen molar-refractivity contribution < 1.29 is 4.39 Å². The summed E-state index contributed by atoms with van der Waals surface area (Å²) in [5.41, 5.74) is 5.07. The van der Waals surface area contributed by atoms with Crippen molar-refractivity contribution in [3.63, 3.8) is 0 Å². The Labute approximate surface area is 147 Å². The van der Waals surface area contributed by atoms with Crippen LogP contribution in [0.4, 0.5) is 27.5 Å². The van der Waals surface area contributed by atoms with Gasteiger partial charge in [-0.25, -0.2) is 9.37 Å². The fourth-order valence-electron chi connectivity index (χ4n) is 2.68. The Hall–Kier alpha value is -2.95. The SMILES string of the molecule is CCc1cccc(C)c1Nc1cc(C)nc(Nc2ccc(F)cc2)n1. The third kappa shape index (κ3) is 4.12. The number of aromatic nitrogens is 2. The fourth-order valence-corrected chi connectivity index (χ4v) is 2.68. The molecule has 3 aromatic rings. The summed E-state index contributed by atoms with van der Waals surface area (Å²) in [6.45, 7) is 6.13. The zero-order chi connectivity index (χ0) is 17.8. The molecule has 0 aliphatic rings. The lowest BCUT2D eigenvalue weighted by atomic mass is 10.1. The topological polar surface area (TPSA) is 49.8 Å². The van der Waals surface area contributed by atoms with Crippen LogP contribution in [-0.4, -0.2) is 9.97 Å². The molecular formula is C20H21FN4. The number of halogens is 1. The molecule has 0 unspecified atom stereocenters. The van der Waals surface area contributed by atoms with Crippen LogP contribution in [0.25, 0.3) is 0 Å². The molecule has 0 aliphatic carbocycles. The first-order valence-electron chi connectivity index (χ1n) is 8.29. The maximum atomic E-state index is 13.0. The number of nitrogens with one attached hydrogen (secondary N) is 2. The van der Waals surface area contributed by atoms with Crippen LogP contribution in [-0.2, 0) is 6.42 Å². The monoisotopic (exact) mass is 336 g/mol. The molecule has 0 spiro atoms. The van der Waals surface area contributed by atoms with Crippen LogP contribution >= 0.6 is 0 Å². The van der Waals surface area contributed by atoms with Crippen molar-refractivity contribution in [1.29, 1.82) is 0 Å². The zero-order valence-electron chi connectivity index (χ0n) is 14.6. The predicted octanol–water partition coefficient (Wildman–Crippen LogP) is 5.28. The predicted molar refractivity (Wildman–Crippen MR) is 100 cm³/mol. The third-order valence-corrected chi connectivity index (χ3v) is 3.95. The molecule has 0 aliphatic heterocycles. The van der Waals surface area contributed by atoms with Crippen molar-refractivity contribution >= 4 is 23.1 Å². The van der Waals surface area contributed by atoms with E-state index in [1.54, 1.807) is 12.1 Å². The molecule has 0 saturated heterocycles. The van der Waals surface area contributed by atoms with Gasteiger partial charge in [-0.3, -0.25) is 0 Å². The van der Waals surface area contributed by atoms with Gasteiger partial charge in [-0.15, -0.1) is 0 Å². The number of nitrogens with zero attached hydrogens (tertiary/aromatic N) is 2. The zero-order valence-corrected chi connectivity index (χ0v) is 14.6. The van der Waals surface area contributed by atoms with Gasteiger partial charge in [0.15, 0.2) is 0 Å². The van der Waals surface area contributed by atoms with Crippen molar-refractivity contribution in [2.24, 2.45) is 0 Å². The average Bonchev–Trinajstić information content (AvgIpc) is 2.58. The van der Waals surface area contributed by atoms with E-state index in [0.29, 0.717) is 5.95 Å². The van der Waals surface area contributed by atoms with Crippen LogP contribution < -0.4 is 10.6 Å². The second-order valence-electron chi connectivity index (χ2n) is 5.94. The standard InChI is InChI=1S/C20H21FN4/c1-4-15-7-5-6-13(2)19(15)24-18-12-14(3)22-20(25-18)23-17-10-8-16(21)9-11-17/h5-12H,4H2,1-3H3,(H2,22,23,24,25). The lowest BCUT2D eigenvalue weighted by Crippen LogP contribution is -2.04. The van der Waals surface area contributed by atoms with Crippen LogP contribution in [0.2, 0.25) is 0 Å². The van der Waals surface area contributed by atoms with Crippen molar-refractivity contribution in [3.05, 3.63) is 71.2 Å². The Morgan fingerprint density at radius 2 is 1.72 bits per heavy atom. The van der Waals surface area contributed by atoms with E-state index in [4.69, 9.17) is 0 Å². The lowest BCUT2D eigenvalue weighted by molar-refractivity contribution is 0.628. The maximum absolute atomic E-state index is 13.0. The van der Waals surface area contributed by atoms with E-state index in [1.165, 1.54) is 23.3 Å². The minimum Gasteiger partial charge on any atom is -0.340 e. The minimum absolute atomic E-state index is 0.273. The van der Waals surface area contributed by atoms with Gasteiger partial charge in [0.05, 0.1) is 0 Å². The molecule has 5 heteroatoms. The van der Waals surface area contributed by atoms with Gasteiger partial charge >= 0.3 is 0 Å². The number of anilines is 4. The highest BCUT2D eigenvalue weighted by Gasteiger charge is 2.08. The van der Waals surface area contributed by atoms with E-state index in [1.807, 2.05) is 13.0 Å². The van der Waals surface area contributed by atoms with Crippen molar-refractivity contribution in [2.75, 3.05) is 10.6 Å². The molecule has 25 heavy (non-hydrogen) atoms. The summed E-state index contributed by atoms with van der Waals surface area (Å²) in [5, 5.41) is 6.53. The molecular weight excluding hydrogens is 315 g/mol. The van der Waals surface area contributed by atoms with E-state index < -0.39 is 0 Å². The van der Waals surface area contributed by atoms with Gasteiger partial charge < -0.3 is 10.6 Å². The van der Waals surface area contributed by atoms with E-state index in [2.05, 4.69) is 52.6 Å². The quantitative estimate of drug-likeness (QED) is 0.665. The summed E-state index contributed by atoms with van der Waals surface area (Å²) in [6.07, 6.45) is 0.939. The smallest absolute Gasteiger partial charge is 0.229 e. The molecule has 128 valence electrons. The van der Waals surface area contributed by atoms with Crippen LogP contribution in [0.5, 0.6) is 0 Å². The number of benzene rings is 2. The van der Waals surface area contributed by atoms with Crippen LogP contribution in [0.1, 0.15) is 23.7 Å². The van der Waals surface area contributed by atoms with Gasteiger partial charge in [-0.2, -0.15) is 4.98 Å². The highest BCUT2D eigenvalue weighted by molar-refractivity contribution is 5.66. The summed E-state index contributed by atoms with van der Waals surface area (Å²) in [7, 11) is 0. The number of aryl methyl sites for hydroxylation is 3. The Bertz CT molecular complexity index is 875. The minimum atomic E-state index is -0.273. The molecule has 1 aromatic heterocycles. The molecule has 0 fully saturated rings. The van der Waals surface area contributed by atoms with Crippen molar-refractivity contribution in [3.8, 4) is 0 Å². The Morgan fingerprint density at radius 1 is 0.960 bits per heavy atom. The van der Waals surface area contributed by atoms with Gasteiger partial charge in [0.1, 0.15) is 11.6 Å². The van der Waals surface area contributed by atoms with Gasteiger partial charge in [0.25, 0.3) is 0 Å². The summed E-state index contributed by atoms with van der Waals surface area (Å²) in [4.78, 5) is 8.94. The Kier molecular flexibility index (Phi) is 4.93. The molecule has 0 radical (unpaired) electrons. The number of hydrogen-bond donors (Lipinski definition) is 2. The molecule has 0 atom stereocenters. The van der Waals surface area contributed by atoms with E-state index in [9.17, 15) is 4.39 Å². The first kappa shape index (κ1) is 16.9. The lowest BCUT2D eigenvalue weighted by Gasteiger charge is -2.15. The number of para-hydroxylation sites is 1. The third-order valence-electron chi connectivity index (χ3n) is 3.95. The number of hydrogen-bond acceptors (Lipinski definition) is 4. The van der Waals surface area contributed by atoms with Gasteiger partial charge in [-0.05, 0) is 55.7 Å².